The molecule has 0 aliphatic carbocycles. The maximum absolute atomic E-state index is 6.06. The normalized spacial score (nSPS) is 18.7. The first-order valence-electron chi connectivity index (χ1n) is 6.90. The zero-order valence-corrected chi connectivity index (χ0v) is 12.1. The third kappa shape index (κ3) is 3.33. The molecule has 3 N–H and O–H groups in total. The van der Waals surface area contributed by atoms with Crippen LogP contribution in [0.15, 0.2) is 0 Å². The van der Waals surface area contributed by atoms with Crippen LogP contribution in [-0.2, 0) is 11.3 Å². The van der Waals surface area contributed by atoms with Crippen LogP contribution in [-0.4, -0.2) is 54.6 Å². The lowest BCUT2D eigenvalue weighted by Gasteiger charge is -2.26. The molecule has 19 heavy (non-hydrogen) atoms. The molecule has 1 atom stereocenters. The van der Waals surface area contributed by atoms with Gasteiger partial charge >= 0.3 is 0 Å². The average Bonchev–Trinajstić information content (AvgIpc) is 2.71. The van der Waals surface area contributed by atoms with Gasteiger partial charge in [-0.1, -0.05) is 0 Å². The summed E-state index contributed by atoms with van der Waals surface area (Å²) in [4.78, 5) is 2.41. The van der Waals surface area contributed by atoms with Gasteiger partial charge in [0.15, 0.2) is 0 Å². The highest BCUT2D eigenvalue weighted by molar-refractivity contribution is 5.27. The molecule has 1 unspecified atom stereocenters. The summed E-state index contributed by atoms with van der Waals surface area (Å²) in [6, 6.07) is 0. The summed E-state index contributed by atoms with van der Waals surface area (Å²) < 4.78 is 7.42. The second kappa shape index (κ2) is 6.47. The largest absolute Gasteiger partial charge is 0.379 e. The molecule has 1 aromatic heterocycles. The molecule has 6 heteroatoms. The van der Waals surface area contributed by atoms with Gasteiger partial charge in [0.1, 0.15) is 0 Å². The fraction of sp³-hybridized carbons (Fsp3) is 0.769. The van der Waals surface area contributed by atoms with Crippen molar-refractivity contribution in [1.29, 1.82) is 0 Å². The van der Waals surface area contributed by atoms with Crippen molar-refractivity contribution in [2.75, 3.05) is 39.9 Å². The van der Waals surface area contributed by atoms with Gasteiger partial charge in [-0.25, -0.2) is 0 Å². The molecule has 108 valence electrons. The predicted molar refractivity (Wildman–Crippen MR) is 74.9 cm³/mol. The Morgan fingerprint density at radius 2 is 2.00 bits per heavy atom. The molecule has 0 radical (unpaired) electrons. The van der Waals surface area contributed by atoms with E-state index in [0.717, 1.165) is 56.3 Å². The molecule has 0 bridgehead atoms. The van der Waals surface area contributed by atoms with E-state index in [2.05, 4.69) is 26.9 Å². The van der Waals surface area contributed by atoms with E-state index < -0.39 is 0 Å². The number of aromatic nitrogens is 2. The van der Waals surface area contributed by atoms with E-state index in [1.807, 2.05) is 14.0 Å². The monoisotopic (exact) mass is 267 g/mol. The molecule has 1 aliphatic rings. The topological polar surface area (TPSA) is 68.3 Å². The van der Waals surface area contributed by atoms with Crippen LogP contribution in [0.2, 0.25) is 0 Å². The Bertz CT molecular complexity index is 411. The third-order valence-corrected chi connectivity index (χ3v) is 3.79. The van der Waals surface area contributed by atoms with Crippen molar-refractivity contribution < 1.29 is 4.74 Å². The second-order valence-electron chi connectivity index (χ2n) is 5.03. The predicted octanol–water partition coefficient (Wildman–Crippen LogP) is 0.00884. The number of aryl methyl sites for hydroxylation is 1. The number of rotatable bonds is 5. The summed E-state index contributed by atoms with van der Waals surface area (Å²) in [7, 11) is 1.87. The minimum absolute atomic E-state index is 0.142. The van der Waals surface area contributed by atoms with Crippen molar-refractivity contribution in [1.82, 2.24) is 20.0 Å². The molecule has 0 spiro atoms. The molecular weight excluding hydrogens is 242 g/mol. The lowest BCUT2D eigenvalue weighted by atomic mass is 10.1. The quantitative estimate of drug-likeness (QED) is 0.736. The Labute approximate surface area is 114 Å². The standard InChI is InChI=1S/C13H25N5O/c1-10-12(13(14)15-3)11(2)18(16-10)5-4-17-6-8-19-9-7-17/h13,15H,4-9,14H2,1-3H3. The summed E-state index contributed by atoms with van der Waals surface area (Å²) in [5.41, 5.74) is 9.35. The van der Waals surface area contributed by atoms with Gasteiger partial charge < -0.3 is 15.8 Å². The average molecular weight is 267 g/mol. The Kier molecular flexibility index (Phi) is 4.93. The Balaban J connectivity index is 2.00. The van der Waals surface area contributed by atoms with Crippen molar-refractivity contribution in [2.24, 2.45) is 5.73 Å². The van der Waals surface area contributed by atoms with Crippen molar-refractivity contribution in [2.45, 2.75) is 26.6 Å². The number of morpholine rings is 1. The number of hydrogen-bond donors (Lipinski definition) is 2. The summed E-state index contributed by atoms with van der Waals surface area (Å²) in [5, 5.41) is 7.68. The SMILES string of the molecule is CNC(N)c1c(C)nn(CCN2CCOCC2)c1C. The highest BCUT2D eigenvalue weighted by Crippen LogP contribution is 2.17. The molecule has 6 nitrogen and oxygen atoms in total. The molecule has 1 saturated heterocycles. The number of nitrogens with zero attached hydrogens (tertiary/aromatic N) is 3. The van der Waals surface area contributed by atoms with Crippen molar-refractivity contribution in [3.05, 3.63) is 17.0 Å². The van der Waals surface area contributed by atoms with Crippen LogP contribution in [0.25, 0.3) is 0 Å². The van der Waals surface area contributed by atoms with Gasteiger partial charge in [-0.3, -0.25) is 9.58 Å². The molecule has 2 rings (SSSR count). The summed E-state index contributed by atoms with van der Waals surface area (Å²) in [6.07, 6.45) is -0.142. The smallest absolute Gasteiger partial charge is 0.0843 e. The van der Waals surface area contributed by atoms with Gasteiger partial charge in [0.05, 0.1) is 31.6 Å². The van der Waals surface area contributed by atoms with Crippen LogP contribution in [0.1, 0.15) is 23.1 Å². The minimum Gasteiger partial charge on any atom is -0.379 e. The molecular formula is C13H25N5O. The van der Waals surface area contributed by atoms with Crippen LogP contribution in [0.5, 0.6) is 0 Å². The van der Waals surface area contributed by atoms with E-state index in [0.29, 0.717) is 0 Å². The highest BCUT2D eigenvalue weighted by atomic mass is 16.5. The van der Waals surface area contributed by atoms with E-state index >= 15 is 0 Å². The molecule has 0 saturated carbocycles. The van der Waals surface area contributed by atoms with Crippen LogP contribution >= 0.6 is 0 Å². The summed E-state index contributed by atoms with van der Waals surface area (Å²) in [6.45, 7) is 9.74. The van der Waals surface area contributed by atoms with Gasteiger partial charge in [0, 0.05) is 30.9 Å². The molecule has 1 fully saturated rings. The maximum Gasteiger partial charge on any atom is 0.0843 e. The third-order valence-electron chi connectivity index (χ3n) is 3.79. The number of ether oxygens (including phenoxy) is 1. The Morgan fingerprint density at radius 1 is 1.32 bits per heavy atom. The van der Waals surface area contributed by atoms with Crippen LogP contribution in [0.3, 0.4) is 0 Å². The van der Waals surface area contributed by atoms with Crippen molar-refractivity contribution >= 4 is 0 Å². The molecule has 1 aliphatic heterocycles. The van der Waals surface area contributed by atoms with Crippen LogP contribution in [0, 0.1) is 13.8 Å². The molecule has 0 aromatic carbocycles. The molecule has 2 heterocycles. The fourth-order valence-electron chi connectivity index (χ4n) is 2.58. The first kappa shape index (κ1) is 14.5. The van der Waals surface area contributed by atoms with Gasteiger partial charge in [-0.15, -0.1) is 0 Å². The lowest BCUT2D eigenvalue weighted by Crippen LogP contribution is -2.38. The fourth-order valence-corrected chi connectivity index (χ4v) is 2.58. The van der Waals surface area contributed by atoms with Gasteiger partial charge in [0.2, 0.25) is 0 Å². The van der Waals surface area contributed by atoms with Crippen LogP contribution < -0.4 is 11.1 Å². The van der Waals surface area contributed by atoms with Crippen molar-refractivity contribution in [3.63, 3.8) is 0 Å². The first-order chi connectivity index (χ1) is 9.13. The number of hydrogen-bond acceptors (Lipinski definition) is 5. The number of nitrogens with one attached hydrogen (secondary N) is 1. The zero-order chi connectivity index (χ0) is 13.8. The Morgan fingerprint density at radius 3 is 2.63 bits per heavy atom. The lowest BCUT2D eigenvalue weighted by molar-refractivity contribution is 0.0359. The second-order valence-corrected chi connectivity index (χ2v) is 5.03. The van der Waals surface area contributed by atoms with E-state index in [-0.39, 0.29) is 6.17 Å². The van der Waals surface area contributed by atoms with E-state index in [1.54, 1.807) is 0 Å². The van der Waals surface area contributed by atoms with Gasteiger partial charge in [-0.05, 0) is 20.9 Å². The molecule has 1 aromatic rings. The number of nitrogens with two attached hydrogens (primary N) is 1. The van der Waals surface area contributed by atoms with Gasteiger partial charge in [-0.2, -0.15) is 5.10 Å². The molecule has 0 amide bonds. The first-order valence-corrected chi connectivity index (χ1v) is 6.90. The zero-order valence-electron chi connectivity index (χ0n) is 12.1. The summed E-state index contributed by atoms with van der Waals surface area (Å²) in [5.74, 6) is 0. The summed E-state index contributed by atoms with van der Waals surface area (Å²) >= 11 is 0. The maximum atomic E-state index is 6.06. The Hall–Kier alpha value is -0.950. The highest BCUT2D eigenvalue weighted by Gasteiger charge is 2.17. The van der Waals surface area contributed by atoms with E-state index in [4.69, 9.17) is 10.5 Å². The minimum atomic E-state index is -0.142. The van der Waals surface area contributed by atoms with E-state index in [9.17, 15) is 0 Å². The van der Waals surface area contributed by atoms with E-state index in [1.165, 1.54) is 0 Å². The van der Waals surface area contributed by atoms with Crippen molar-refractivity contribution in [3.8, 4) is 0 Å². The van der Waals surface area contributed by atoms with Crippen LogP contribution in [0.4, 0.5) is 0 Å². The van der Waals surface area contributed by atoms with Gasteiger partial charge in [0.25, 0.3) is 0 Å².